The second-order valence-electron chi connectivity index (χ2n) is 5.83. The fourth-order valence-electron chi connectivity index (χ4n) is 2.87. The maximum absolute atomic E-state index is 13.0. The van der Waals surface area contributed by atoms with E-state index in [-0.39, 0.29) is 24.0 Å². The van der Waals surface area contributed by atoms with Crippen LogP contribution in [0.1, 0.15) is 11.1 Å². The van der Waals surface area contributed by atoms with Crippen molar-refractivity contribution in [2.75, 3.05) is 4.90 Å². The average molecular weight is 346 g/mol. The van der Waals surface area contributed by atoms with E-state index in [1.807, 2.05) is 54.6 Å². The van der Waals surface area contributed by atoms with E-state index in [0.717, 1.165) is 22.5 Å². The summed E-state index contributed by atoms with van der Waals surface area (Å²) < 4.78 is 13.0. The zero-order valence-electron chi connectivity index (χ0n) is 13.8. The Kier molecular flexibility index (Phi) is 4.19. The van der Waals surface area contributed by atoms with Gasteiger partial charge in [-0.15, -0.1) is 0 Å². The number of para-hydroxylation sites is 2. The summed E-state index contributed by atoms with van der Waals surface area (Å²) in [5.74, 6) is -0.546. The van der Waals surface area contributed by atoms with Crippen molar-refractivity contribution < 1.29 is 14.0 Å². The molecule has 1 heterocycles. The molecule has 0 spiro atoms. The van der Waals surface area contributed by atoms with Gasteiger partial charge in [0.1, 0.15) is 12.4 Å². The van der Waals surface area contributed by atoms with E-state index in [1.54, 1.807) is 17.0 Å². The van der Waals surface area contributed by atoms with E-state index < -0.39 is 0 Å². The predicted octanol–water partition coefficient (Wildman–Crippen LogP) is 4.42. The molecule has 4 nitrogen and oxygen atoms in total. The molecule has 26 heavy (non-hydrogen) atoms. The fraction of sp³-hybridized carbons (Fsp3) is 0.0476. The van der Waals surface area contributed by atoms with Gasteiger partial charge >= 0.3 is 0 Å². The number of hydrogen-bond acceptors (Lipinski definition) is 3. The SMILES string of the molecule is O=C1/C(=N\OCc2ccc(F)cc2)c2ccccc2N1c1ccccc1. The van der Waals surface area contributed by atoms with Gasteiger partial charge in [0.2, 0.25) is 0 Å². The molecule has 0 fully saturated rings. The maximum Gasteiger partial charge on any atom is 0.285 e. The van der Waals surface area contributed by atoms with Gasteiger partial charge in [0.25, 0.3) is 5.91 Å². The van der Waals surface area contributed by atoms with Crippen molar-refractivity contribution in [3.05, 3.63) is 95.8 Å². The molecule has 1 aliphatic heterocycles. The minimum Gasteiger partial charge on any atom is -0.390 e. The molecule has 0 saturated carbocycles. The molecule has 3 aromatic rings. The highest BCUT2D eigenvalue weighted by molar-refractivity contribution is 6.55. The van der Waals surface area contributed by atoms with Crippen LogP contribution in [-0.2, 0) is 16.2 Å². The van der Waals surface area contributed by atoms with E-state index in [4.69, 9.17) is 4.84 Å². The molecule has 5 heteroatoms. The Bertz CT molecular complexity index is 969. The highest BCUT2D eigenvalue weighted by Gasteiger charge is 2.35. The first-order valence-electron chi connectivity index (χ1n) is 8.17. The summed E-state index contributed by atoms with van der Waals surface area (Å²) in [6, 6.07) is 22.8. The normalized spacial score (nSPS) is 14.6. The van der Waals surface area contributed by atoms with Crippen LogP contribution in [0.15, 0.2) is 84.0 Å². The molecule has 0 unspecified atom stereocenters. The van der Waals surface area contributed by atoms with Gasteiger partial charge in [-0.3, -0.25) is 9.69 Å². The van der Waals surface area contributed by atoms with Crippen molar-refractivity contribution in [1.29, 1.82) is 0 Å². The Morgan fingerprint density at radius 3 is 2.35 bits per heavy atom. The number of amides is 1. The Morgan fingerprint density at radius 1 is 0.885 bits per heavy atom. The smallest absolute Gasteiger partial charge is 0.285 e. The van der Waals surface area contributed by atoms with Crippen LogP contribution in [0, 0.1) is 5.82 Å². The summed E-state index contributed by atoms with van der Waals surface area (Å²) in [5, 5.41) is 4.07. The van der Waals surface area contributed by atoms with E-state index in [9.17, 15) is 9.18 Å². The van der Waals surface area contributed by atoms with Crippen LogP contribution in [0.4, 0.5) is 15.8 Å². The summed E-state index contributed by atoms with van der Waals surface area (Å²) >= 11 is 0. The largest absolute Gasteiger partial charge is 0.390 e. The Labute approximate surface area is 150 Å². The lowest BCUT2D eigenvalue weighted by Crippen LogP contribution is -2.25. The summed E-state index contributed by atoms with van der Waals surface area (Å²) in [7, 11) is 0. The third-order valence-electron chi connectivity index (χ3n) is 4.12. The third-order valence-corrected chi connectivity index (χ3v) is 4.12. The van der Waals surface area contributed by atoms with Gasteiger partial charge in [0.05, 0.1) is 5.69 Å². The van der Waals surface area contributed by atoms with Gasteiger partial charge in [-0.25, -0.2) is 4.39 Å². The molecule has 0 bridgehead atoms. The average Bonchev–Trinajstić information content (AvgIpc) is 2.96. The zero-order valence-corrected chi connectivity index (χ0v) is 13.8. The summed E-state index contributed by atoms with van der Waals surface area (Å²) in [6.07, 6.45) is 0. The van der Waals surface area contributed by atoms with Gasteiger partial charge in [0.15, 0.2) is 5.71 Å². The molecule has 0 saturated heterocycles. The van der Waals surface area contributed by atoms with Gasteiger partial charge < -0.3 is 4.84 Å². The Hall–Kier alpha value is -3.47. The minimum atomic E-state index is -0.307. The molecule has 4 rings (SSSR count). The fourth-order valence-corrected chi connectivity index (χ4v) is 2.87. The molecule has 0 radical (unpaired) electrons. The maximum atomic E-state index is 13.0. The molecule has 1 aliphatic rings. The quantitative estimate of drug-likeness (QED) is 0.656. The Balaban J connectivity index is 1.62. The molecule has 1 amide bonds. The lowest BCUT2D eigenvalue weighted by atomic mass is 10.1. The predicted molar refractivity (Wildman–Crippen MR) is 97.8 cm³/mol. The molecule has 0 aromatic heterocycles. The van der Waals surface area contributed by atoms with Crippen LogP contribution >= 0.6 is 0 Å². The number of nitrogens with zero attached hydrogens (tertiary/aromatic N) is 2. The first-order chi connectivity index (χ1) is 12.7. The summed E-state index contributed by atoms with van der Waals surface area (Å²) in [6.45, 7) is 0.157. The number of halogens is 1. The van der Waals surface area contributed by atoms with Gasteiger partial charge in [-0.1, -0.05) is 53.7 Å². The molecule has 0 N–H and O–H groups in total. The van der Waals surface area contributed by atoms with Crippen LogP contribution < -0.4 is 4.90 Å². The monoisotopic (exact) mass is 346 g/mol. The van der Waals surface area contributed by atoms with Gasteiger partial charge in [-0.05, 0) is 35.9 Å². The molecule has 0 atom stereocenters. The number of rotatable bonds is 4. The van der Waals surface area contributed by atoms with Crippen LogP contribution in [0.3, 0.4) is 0 Å². The van der Waals surface area contributed by atoms with Crippen molar-refractivity contribution in [3.63, 3.8) is 0 Å². The first-order valence-corrected chi connectivity index (χ1v) is 8.17. The van der Waals surface area contributed by atoms with Crippen molar-refractivity contribution in [3.8, 4) is 0 Å². The van der Waals surface area contributed by atoms with Gasteiger partial charge in [-0.2, -0.15) is 0 Å². The number of carbonyl (C=O) groups excluding carboxylic acids is 1. The zero-order chi connectivity index (χ0) is 17.9. The number of carbonyl (C=O) groups is 1. The highest BCUT2D eigenvalue weighted by Crippen LogP contribution is 2.35. The van der Waals surface area contributed by atoms with Crippen molar-refractivity contribution in [2.24, 2.45) is 5.16 Å². The molecule has 0 aliphatic carbocycles. The van der Waals surface area contributed by atoms with E-state index in [1.165, 1.54) is 12.1 Å². The highest BCUT2D eigenvalue weighted by atomic mass is 19.1. The number of benzene rings is 3. The van der Waals surface area contributed by atoms with Crippen LogP contribution in [0.25, 0.3) is 0 Å². The van der Waals surface area contributed by atoms with Crippen molar-refractivity contribution >= 4 is 23.0 Å². The third kappa shape index (κ3) is 2.95. The molecule has 128 valence electrons. The second kappa shape index (κ2) is 6.80. The van der Waals surface area contributed by atoms with Crippen LogP contribution in [-0.4, -0.2) is 11.6 Å². The summed E-state index contributed by atoms with van der Waals surface area (Å²) in [4.78, 5) is 19.9. The first kappa shape index (κ1) is 16.0. The Morgan fingerprint density at radius 2 is 1.58 bits per heavy atom. The minimum absolute atomic E-state index is 0.157. The van der Waals surface area contributed by atoms with E-state index in [2.05, 4.69) is 5.16 Å². The molecular weight excluding hydrogens is 331 g/mol. The lowest BCUT2D eigenvalue weighted by molar-refractivity contribution is -0.111. The number of fused-ring (bicyclic) bond motifs is 1. The second-order valence-corrected chi connectivity index (χ2v) is 5.83. The van der Waals surface area contributed by atoms with Crippen LogP contribution in [0.2, 0.25) is 0 Å². The van der Waals surface area contributed by atoms with Crippen molar-refractivity contribution in [2.45, 2.75) is 6.61 Å². The summed E-state index contributed by atoms with van der Waals surface area (Å²) in [5.41, 5.74) is 3.29. The van der Waals surface area contributed by atoms with Crippen molar-refractivity contribution in [1.82, 2.24) is 0 Å². The van der Waals surface area contributed by atoms with Gasteiger partial charge in [0, 0.05) is 11.3 Å². The lowest BCUT2D eigenvalue weighted by Gasteiger charge is -2.16. The number of hydrogen-bond donors (Lipinski definition) is 0. The van der Waals surface area contributed by atoms with E-state index >= 15 is 0 Å². The topological polar surface area (TPSA) is 41.9 Å². The number of anilines is 2. The standard InChI is InChI=1S/C21H15FN2O2/c22-16-12-10-15(11-13-16)14-26-23-20-18-8-4-5-9-19(18)24(21(20)25)17-6-2-1-3-7-17/h1-13H,14H2/b23-20-. The van der Waals surface area contributed by atoms with E-state index in [0.29, 0.717) is 0 Å². The molecular formula is C21H15FN2O2. The molecule has 3 aromatic carbocycles. The number of oxime groups is 1. The van der Waals surface area contributed by atoms with Crippen LogP contribution in [0.5, 0.6) is 0 Å².